The van der Waals surface area contributed by atoms with Crippen molar-refractivity contribution in [2.24, 2.45) is 0 Å². The standard InChI is InChI=1S/C12H19BrSi/c1-14(2,3)10-12(9-13)11-7-5-4-6-8-11/h4-8,12H,9-10H2,1-3H3. The molecule has 0 amide bonds. The Morgan fingerprint density at radius 3 is 2.14 bits per heavy atom. The topological polar surface area (TPSA) is 0 Å². The molecule has 0 aliphatic rings. The normalized spacial score (nSPS) is 14.0. The highest BCUT2D eigenvalue weighted by atomic mass is 79.9. The lowest BCUT2D eigenvalue weighted by atomic mass is 10.0. The van der Waals surface area contributed by atoms with Gasteiger partial charge in [0, 0.05) is 13.4 Å². The molecule has 0 spiro atoms. The van der Waals surface area contributed by atoms with E-state index >= 15 is 0 Å². The third-order valence-electron chi connectivity index (χ3n) is 2.32. The first-order valence-electron chi connectivity index (χ1n) is 5.14. The maximum atomic E-state index is 3.63. The number of hydrogen-bond acceptors (Lipinski definition) is 0. The van der Waals surface area contributed by atoms with E-state index in [1.165, 1.54) is 11.6 Å². The second-order valence-corrected chi connectivity index (χ2v) is 11.2. The summed E-state index contributed by atoms with van der Waals surface area (Å²) in [6.07, 6.45) is 0. The summed E-state index contributed by atoms with van der Waals surface area (Å²) in [6, 6.07) is 12.2. The van der Waals surface area contributed by atoms with Crippen LogP contribution in [0.5, 0.6) is 0 Å². The Morgan fingerprint density at radius 1 is 1.14 bits per heavy atom. The van der Waals surface area contributed by atoms with E-state index in [0.717, 1.165) is 5.33 Å². The van der Waals surface area contributed by atoms with Crippen molar-refractivity contribution in [3.63, 3.8) is 0 Å². The summed E-state index contributed by atoms with van der Waals surface area (Å²) >= 11 is 3.63. The van der Waals surface area contributed by atoms with Gasteiger partial charge in [-0.3, -0.25) is 0 Å². The van der Waals surface area contributed by atoms with Crippen molar-refractivity contribution in [3.05, 3.63) is 35.9 Å². The van der Waals surface area contributed by atoms with Crippen LogP contribution in [0.3, 0.4) is 0 Å². The zero-order chi connectivity index (χ0) is 10.6. The maximum absolute atomic E-state index is 3.63. The molecule has 1 unspecified atom stereocenters. The van der Waals surface area contributed by atoms with Gasteiger partial charge < -0.3 is 0 Å². The van der Waals surface area contributed by atoms with Gasteiger partial charge in [-0.1, -0.05) is 65.9 Å². The number of benzene rings is 1. The lowest BCUT2D eigenvalue weighted by Gasteiger charge is -2.23. The van der Waals surface area contributed by atoms with Gasteiger partial charge in [0.15, 0.2) is 0 Å². The van der Waals surface area contributed by atoms with E-state index in [1.54, 1.807) is 0 Å². The molecule has 78 valence electrons. The van der Waals surface area contributed by atoms with Crippen LogP contribution in [-0.4, -0.2) is 13.4 Å². The van der Waals surface area contributed by atoms with Crippen LogP contribution in [0.25, 0.3) is 0 Å². The van der Waals surface area contributed by atoms with Crippen LogP contribution in [0.4, 0.5) is 0 Å². The summed E-state index contributed by atoms with van der Waals surface area (Å²) in [5.74, 6) is 0.697. The Kier molecular flexibility index (Phi) is 4.39. The number of rotatable bonds is 4. The van der Waals surface area contributed by atoms with Gasteiger partial charge in [0.25, 0.3) is 0 Å². The second-order valence-electron chi connectivity index (χ2n) is 5.03. The molecule has 0 radical (unpaired) electrons. The lowest BCUT2D eigenvalue weighted by Crippen LogP contribution is -2.23. The van der Waals surface area contributed by atoms with E-state index in [-0.39, 0.29) is 0 Å². The minimum absolute atomic E-state index is 0.697. The molecule has 0 aliphatic carbocycles. The summed E-state index contributed by atoms with van der Waals surface area (Å²) in [5.41, 5.74) is 1.48. The van der Waals surface area contributed by atoms with Gasteiger partial charge in [-0.15, -0.1) is 0 Å². The lowest BCUT2D eigenvalue weighted by molar-refractivity contribution is 0.865. The molecule has 0 nitrogen and oxygen atoms in total. The third kappa shape index (κ3) is 3.97. The first kappa shape index (κ1) is 12.0. The molecule has 1 aromatic rings. The molecule has 1 aromatic carbocycles. The maximum Gasteiger partial charge on any atom is 0.0449 e. The van der Waals surface area contributed by atoms with E-state index in [4.69, 9.17) is 0 Å². The fourth-order valence-corrected chi connectivity index (χ4v) is 4.61. The van der Waals surface area contributed by atoms with Crippen molar-refractivity contribution < 1.29 is 0 Å². The first-order chi connectivity index (χ1) is 6.53. The number of alkyl halides is 1. The fraction of sp³-hybridized carbons (Fsp3) is 0.500. The third-order valence-corrected chi connectivity index (χ3v) is 4.82. The average molecular weight is 271 g/mol. The highest BCUT2D eigenvalue weighted by molar-refractivity contribution is 9.09. The largest absolute Gasteiger partial charge is 0.0922 e. The molecule has 0 heterocycles. The van der Waals surface area contributed by atoms with Gasteiger partial charge in [-0.25, -0.2) is 0 Å². The molecule has 0 N–H and O–H groups in total. The molecular formula is C12H19BrSi. The molecule has 0 aliphatic heterocycles. The molecule has 0 saturated carbocycles. The highest BCUT2D eigenvalue weighted by Gasteiger charge is 2.20. The van der Waals surface area contributed by atoms with Gasteiger partial charge in [-0.2, -0.15) is 0 Å². The van der Waals surface area contributed by atoms with Crippen LogP contribution in [-0.2, 0) is 0 Å². The molecule has 0 fully saturated rings. The first-order valence-corrected chi connectivity index (χ1v) is 9.97. The molecule has 1 rings (SSSR count). The van der Waals surface area contributed by atoms with Crippen molar-refractivity contribution in [2.45, 2.75) is 31.6 Å². The average Bonchev–Trinajstić information content (AvgIpc) is 2.14. The summed E-state index contributed by atoms with van der Waals surface area (Å²) < 4.78 is 0. The molecule has 0 aromatic heterocycles. The Hall–Kier alpha value is -0.0831. The zero-order valence-corrected chi connectivity index (χ0v) is 11.8. The van der Waals surface area contributed by atoms with Crippen LogP contribution in [0.1, 0.15) is 11.5 Å². The molecule has 0 bridgehead atoms. The quantitative estimate of drug-likeness (QED) is 0.558. The SMILES string of the molecule is C[Si](C)(C)CC(CBr)c1ccccc1. The minimum Gasteiger partial charge on any atom is -0.0922 e. The van der Waals surface area contributed by atoms with Gasteiger partial charge in [0.1, 0.15) is 0 Å². The molecular weight excluding hydrogens is 252 g/mol. The van der Waals surface area contributed by atoms with Crippen molar-refractivity contribution >= 4 is 24.0 Å². The Morgan fingerprint density at radius 2 is 1.71 bits per heavy atom. The van der Waals surface area contributed by atoms with Crippen LogP contribution in [0, 0.1) is 0 Å². The van der Waals surface area contributed by atoms with Crippen LogP contribution in [0.2, 0.25) is 25.7 Å². The molecule has 0 saturated heterocycles. The zero-order valence-electron chi connectivity index (χ0n) is 9.26. The van der Waals surface area contributed by atoms with E-state index in [9.17, 15) is 0 Å². The smallest absolute Gasteiger partial charge is 0.0449 e. The van der Waals surface area contributed by atoms with Crippen molar-refractivity contribution in [1.29, 1.82) is 0 Å². The summed E-state index contributed by atoms with van der Waals surface area (Å²) in [6.45, 7) is 7.31. The summed E-state index contributed by atoms with van der Waals surface area (Å²) in [4.78, 5) is 0. The Labute approximate surface area is 96.9 Å². The summed E-state index contributed by atoms with van der Waals surface area (Å²) in [5, 5.41) is 1.08. The van der Waals surface area contributed by atoms with Crippen molar-refractivity contribution in [2.75, 3.05) is 5.33 Å². The molecule has 2 heteroatoms. The van der Waals surface area contributed by atoms with Crippen molar-refractivity contribution in [1.82, 2.24) is 0 Å². The van der Waals surface area contributed by atoms with Crippen molar-refractivity contribution in [3.8, 4) is 0 Å². The van der Waals surface area contributed by atoms with E-state index in [0.29, 0.717) is 5.92 Å². The minimum atomic E-state index is -0.954. The monoisotopic (exact) mass is 270 g/mol. The van der Waals surface area contributed by atoms with Gasteiger partial charge in [0.2, 0.25) is 0 Å². The second kappa shape index (κ2) is 5.13. The highest BCUT2D eigenvalue weighted by Crippen LogP contribution is 2.27. The van der Waals surface area contributed by atoms with Gasteiger partial charge in [0.05, 0.1) is 0 Å². The van der Waals surface area contributed by atoms with E-state index in [1.807, 2.05) is 0 Å². The predicted octanol–water partition coefficient (Wildman–Crippen LogP) is 4.50. The fourth-order valence-electron chi connectivity index (χ4n) is 1.73. The number of halogens is 1. The van der Waals surface area contributed by atoms with Gasteiger partial charge in [-0.05, 0) is 17.5 Å². The number of hydrogen-bond donors (Lipinski definition) is 0. The van der Waals surface area contributed by atoms with Crippen LogP contribution < -0.4 is 0 Å². The van der Waals surface area contributed by atoms with E-state index < -0.39 is 8.07 Å². The van der Waals surface area contributed by atoms with Gasteiger partial charge >= 0.3 is 0 Å². The molecule has 1 atom stereocenters. The summed E-state index contributed by atoms with van der Waals surface area (Å²) in [7, 11) is -0.954. The van der Waals surface area contributed by atoms with Crippen LogP contribution in [0.15, 0.2) is 30.3 Å². The molecule has 14 heavy (non-hydrogen) atoms. The Balaban J connectivity index is 2.73. The predicted molar refractivity (Wildman–Crippen MR) is 71.1 cm³/mol. The Bertz CT molecular complexity index is 263. The van der Waals surface area contributed by atoms with Crippen LogP contribution >= 0.6 is 15.9 Å². The van der Waals surface area contributed by atoms with E-state index in [2.05, 4.69) is 65.9 Å².